The monoisotopic (exact) mass is 340 g/mol. The fourth-order valence-corrected chi connectivity index (χ4v) is 3.63. The van der Waals surface area contributed by atoms with Gasteiger partial charge >= 0.3 is 0 Å². The zero-order valence-corrected chi connectivity index (χ0v) is 14.6. The highest BCUT2D eigenvalue weighted by Gasteiger charge is 2.22. The molecule has 4 rings (SSSR count). The number of carbonyl (C=O) groups is 1. The summed E-state index contributed by atoms with van der Waals surface area (Å²) in [4.78, 5) is 15.0. The molecule has 3 heterocycles. The Hall–Kier alpha value is -2.34. The summed E-state index contributed by atoms with van der Waals surface area (Å²) in [5.74, 6) is 1.58. The molecular formula is C19H24N4O2. The Labute approximate surface area is 147 Å². The molecule has 0 atom stereocenters. The van der Waals surface area contributed by atoms with Crippen LogP contribution in [0, 0.1) is 0 Å². The molecule has 25 heavy (non-hydrogen) atoms. The number of ether oxygens (including phenoxy) is 1. The molecule has 0 bridgehead atoms. The van der Waals surface area contributed by atoms with Gasteiger partial charge in [0.25, 0.3) is 5.91 Å². The highest BCUT2D eigenvalue weighted by molar-refractivity contribution is 6.04. The summed E-state index contributed by atoms with van der Waals surface area (Å²) < 4.78 is 7.59. The lowest BCUT2D eigenvalue weighted by atomic mass is 10.0. The molecule has 1 aromatic heterocycles. The number of benzene rings is 1. The van der Waals surface area contributed by atoms with Crippen molar-refractivity contribution in [3.8, 4) is 5.75 Å². The van der Waals surface area contributed by atoms with E-state index in [9.17, 15) is 4.79 Å². The molecule has 1 saturated heterocycles. The molecule has 0 spiro atoms. The first-order valence-corrected chi connectivity index (χ1v) is 9.00. The molecule has 1 N–H and O–H groups in total. The predicted molar refractivity (Wildman–Crippen MR) is 96.2 cm³/mol. The first-order chi connectivity index (χ1) is 12.2. The van der Waals surface area contributed by atoms with E-state index in [4.69, 9.17) is 4.74 Å². The van der Waals surface area contributed by atoms with Crippen LogP contribution in [0.4, 0.5) is 5.82 Å². The molecule has 2 aliphatic heterocycles. The van der Waals surface area contributed by atoms with Crippen molar-refractivity contribution >= 4 is 11.7 Å². The van der Waals surface area contributed by atoms with Gasteiger partial charge in [0.15, 0.2) is 0 Å². The van der Waals surface area contributed by atoms with Gasteiger partial charge in [-0.05, 0) is 69.6 Å². The summed E-state index contributed by atoms with van der Waals surface area (Å²) in [5.41, 5.74) is 1.78. The van der Waals surface area contributed by atoms with E-state index in [1.54, 1.807) is 6.20 Å². The Kier molecular flexibility index (Phi) is 4.44. The van der Waals surface area contributed by atoms with E-state index in [0.717, 1.165) is 62.5 Å². The zero-order chi connectivity index (χ0) is 17.2. The van der Waals surface area contributed by atoms with Crippen molar-refractivity contribution in [1.29, 1.82) is 0 Å². The number of rotatable bonds is 3. The van der Waals surface area contributed by atoms with Crippen molar-refractivity contribution in [2.45, 2.75) is 31.7 Å². The Bertz CT molecular complexity index is 763. The van der Waals surface area contributed by atoms with Gasteiger partial charge < -0.3 is 15.0 Å². The zero-order valence-electron chi connectivity index (χ0n) is 14.6. The van der Waals surface area contributed by atoms with Crippen molar-refractivity contribution < 1.29 is 9.53 Å². The van der Waals surface area contributed by atoms with Crippen LogP contribution in [-0.4, -0.2) is 47.3 Å². The minimum absolute atomic E-state index is 0.0944. The van der Waals surface area contributed by atoms with Crippen LogP contribution in [-0.2, 0) is 6.42 Å². The van der Waals surface area contributed by atoms with Gasteiger partial charge in [-0.15, -0.1) is 0 Å². The van der Waals surface area contributed by atoms with Crippen LogP contribution in [0.1, 0.15) is 41.2 Å². The fourth-order valence-electron chi connectivity index (χ4n) is 3.63. The van der Waals surface area contributed by atoms with Gasteiger partial charge in [0.1, 0.15) is 11.6 Å². The summed E-state index contributed by atoms with van der Waals surface area (Å²) in [6.07, 6.45) is 5.83. The highest BCUT2D eigenvalue weighted by Crippen LogP contribution is 2.27. The molecule has 2 aromatic rings. The maximum absolute atomic E-state index is 12.7. The van der Waals surface area contributed by atoms with Crippen LogP contribution in [0.3, 0.4) is 0 Å². The van der Waals surface area contributed by atoms with Crippen molar-refractivity contribution in [3.63, 3.8) is 0 Å². The average molecular weight is 340 g/mol. The van der Waals surface area contributed by atoms with Gasteiger partial charge in [0.2, 0.25) is 0 Å². The number of amides is 1. The van der Waals surface area contributed by atoms with Gasteiger partial charge in [-0.25, -0.2) is 4.68 Å². The van der Waals surface area contributed by atoms with Crippen LogP contribution in [0.5, 0.6) is 5.75 Å². The molecule has 0 aliphatic carbocycles. The van der Waals surface area contributed by atoms with Gasteiger partial charge in [-0.1, -0.05) is 0 Å². The maximum atomic E-state index is 12.7. The van der Waals surface area contributed by atoms with Crippen molar-refractivity contribution in [1.82, 2.24) is 14.7 Å². The summed E-state index contributed by atoms with van der Waals surface area (Å²) in [7, 11) is 2.14. The molecule has 0 radical (unpaired) electrons. The largest absolute Gasteiger partial charge is 0.493 e. The lowest BCUT2D eigenvalue weighted by Crippen LogP contribution is -2.32. The number of hydrogen-bond donors (Lipinski definition) is 1. The van der Waals surface area contributed by atoms with E-state index in [-0.39, 0.29) is 5.91 Å². The second-order valence-corrected chi connectivity index (χ2v) is 6.92. The Morgan fingerprint density at radius 2 is 2.12 bits per heavy atom. The maximum Gasteiger partial charge on any atom is 0.256 e. The number of nitrogens with one attached hydrogen (secondary N) is 1. The quantitative estimate of drug-likeness (QED) is 0.933. The number of aryl methyl sites for hydroxylation is 1. The standard InChI is InChI=1S/C19H24N4O2/c1-22-10-7-16(8-11-22)23-18(6-9-20-23)21-19(24)15-4-5-17-14(13-15)3-2-12-25-17/h4-6,9,13,16H,2-3,7-8,10-12H2,1H3,(H,21,24). The van der Waals surface area contributed by atoms with Gasteiger partial charge in [0, 0.05) is 11.6 Å². The predicted octanol–water partition coefficient (Wildman–Crippen LogP) is 2.73. The first-order valence-electron chi connectivity index (χ1n) is 9.00. The van der Waals surface area contributed by atoms with Gasteiger partial charge in [0.05, 0.1) is 18.8 Å². The van der Waals surface area contributed by atoms with E-state index >= 15 is 0 Å². The minimum atomic E-state index is -0.0944. The van der Waals surface area contributed by atoms with Crippen LogP contribution in [0.25, 0.3) is 0 Å². The van der Waals surface area contributed by atoms with E-state index in [2.05, 4.69) is 22.4 Å². The highest BCUT2D eigenvalue weighted by atomic mass is 16.5. The average Bonchev–Trinajstić information content (AvgIpc) is 3.10. The minimum Gasteiger partial charge on any atom is -0.493 e. The SMILES string of the molecule is CN1CCC(n2nccc2NC(=O)c2ccc3c(c2)CCCO3)CC1. The van der Waals surface area contributed by atoms with E-state index in [1.165, 1.54) is 0 Å². The number of carbonyl (C=O) groups excluding carboxylic acids is 1. The van der Waals surface area contributed by atoms with Crippen LogP contribution in [0.15, 0.2) is 30.5 Å². The molecule has 0 saturated carbocycles. The van der Waals surface area contributed by atoms with E-state index in [0.29, 0.717) is 11.6 Å². The number of aromatic nitrogens is 2. The van der Waals surface area contributed by atoms with Crippen LogP contribution < -0.4 is 10.1 Å². The van der Waals surface area contributed by atoms with Gasteiger partial charge in [-0.2, -0.15) is 5.10 Å². The van der Waals surface area contributed by atoms with E-state index < -0.39 is 0 Å². The normalized spacial score (nSPS) is 18.4. The Morgan fingerprint density at radius 3 is 2.96 bits per heavy atom. The molecule has 0 unspecified atom stereocenters. The Morgan fingerprint density at radius 1 is 1.28 bits per heavy atom. The van der Waals surface area contributed by atoms with Crippen LogP contribution >= 0.6 is 0 Å². The first kappa shape index (κ1) is 16.1. The Balaban J connectivity index is 1.49. The molecule has 1 aromatic carbocycles. The summed E-state index contributed by atoms with van der Waals surface area (Å²) in [5, 5.41) is 7.47. The number of nitrogens with zero attached hydrogens (tertiary/aromatic N) is 3. The third-order valence-electron chi connectivity index (χ3n) is 5.12. The summed E-state index contributed by atoms with van der Waals surface area (Å²) in [6.45, 7) is 2.87. The number of likely N-dealkylation sites (tertiary alicyclic amines) is 1. The molecule has 6 heteroatoms. The lowest BCUT2D eigenvalue weighted by molar-refractivity contribution is 0.102. The van der Waals surface area contributed by atoms with Crippen molar-refractivity contribution in [2.24, 2.45) is 0 Å². The van der Waals surface area contributed by atoms with Crippen molar-refractivity contribution in [3.05, 3.63) is 41.6 Å². The number of fused-ring (bicyclic) bond motifs is 1. The summed E-state index contributed by atoms with van der Waals surface area (Å²) >= 11 is 0. The fraction of sp³-hybridized carbons (Fsp3) is 0.474. The molecule has 1 fully saturated rings. The molecule has 1 amide bonds. The van der Waals surface area contributed by atoms with Gasteiger partial charge in [-0.3, -0.25) is 4.79 Å². The number of anilines is 1. The molecule has 2 aliphatic rings. The summed E-state index contributed by atoms with van der Waals surface area (Å²) in [6, 6.07) is 7.89. The number of hydrogen-bond acceptors (Lipinski definition) is 4. The van der Waals surface area contributed by atoms with Crippen molar-refractivity contribution in [2.75, 3.05) is 32.1 Å². The van der Waals surface area contributed by atoms with Crippen LogP contribution in [0.2, 0.25) is 0 Å². The second kappa shape index (κ2) is 6.88. The van der Waals surface area contributed by atoms with E-state index in [1.807, 2.05) is 28.9 Å². The third kappa shape index (κ3) is 3.39. The molecular weight excluding hydrogens is 316 g/mol. The lowest BCUT2D eigenvalue weighted by Gasteiger charge is -2.30. The molecule has 132 valence electrons. The third-order valence-corrected chi connectivity index (χ3v) is 5.12. The smallest absolute Gasteiger partial charge is 0.256 e. The number of piperidine rings is 1. The topological polar surface area (TPSA) is 59.4 Å². The molecule has 6 nitrogen and oxygen atoms in total. The second-order valence-electron chi connectivity index (χ2n) is 6.92.